The molecular formula is C17H24. The largest absolute Gasteiger partial charge is 0.0842 e. The molecule has 0 heteroatoms. The van der Waals surface area contributed by atoms with Crippen LogP contribution in [-0.4, -0.2) is 0 Å². The van der Waals surface area contributed by atoms with Gasteiger partial charge >= 0.3 is 0 Å². The first-order valence-electron chi connectivity index (χ1n) is 7.80. The molecule has 5 atom stereocenters. The lowest BCUT2D eigenvalue weighted by Gasteiger charge is -2.47. The van der Waals surface area contributed by atoms with Crippen LogP contribution in [0.5, 0.6) is 0 Å². The first kappa shape index (κ1) is 10.4. The molecule has 0 unspecified atom stereocenters. The van der Waals surface area contributed by atoms with Gasteiger partial charge in [-0.15, -0.1) is 0 Å². The van der Waals surface area contributed by atoms with Gasteiger partial charge in [0, 0.05) is 0 Å². The quantitative estimate of drug-likeness (QED) is 0.562. The van der Waals surface area contributed by atoms with Gasteiger partial charge in [0.2, 0.25) is 0 Å². The van der Waals surface area contributed by atoms with E-state index >= 15 is 0 Å². The van der Waals surface area contributed by atoms with Gasteiger partial charge in [-0.05, 0) is 73.7 Å². The highest BCUT2D eigenvalue weighted by molar-refractivity contribution is 5.28. The summed E-state index contributed by atoms with van der Waals surface area (Å²) in [6.07, 6.45) is 19.3. The minimum atomic E-state index is 0.945. The highest BCUT2D eigenvalue weighted by Gasteiger charge is 2.45. The topological polar surface area (TPSA) is 0 Å². The van der Waals surface area contributed by atoms with Gasteiger partial charge in [-0.2, -0.15) is 0 Å². The summed E-state index contributed by atoms with van der Waals surface area (Å²) in [5, 5.41) is 0. The third-order valence-corrected chi connectivity index (χ3v) is 6.21. The molecule has 0 nitrogen and oxygen atoms in total. The predicted molar refractivity (Wildman–Crippen MR) is 71.6 cm³/mol. The third kappa shape index (κ3) is 1.56. The van der Waals surface area contributed by atoms with E-state index in [0.717, 1.165) is 29.6 Å². The van der Waals surface area contributed by atoms with Gasteiger partial charge in [0.05, 0.1) is 0 Å². The molecule has 17 heavy (non-hydrogen) atoms. The van der Waals surface area contributed by atoms with Crippen LogP contribution >= 0.6 is 0 Å². The van der Waals surface area contributed by atoms with E-state index in [2.05, 4.69) is 18.2 Å². The molecule has 0 aromatic heterocycles. The van der Waals surface area contributed by atoms with Crippen molar-refractivity contribution in [3.05, 3.63) is 23.8 Å². The highest BCUT2D eigenvalue weighted by Crippen LogP contribution is 2.55. The Morgan fingerprint density at radius 3 is 2.88 bits per heavy atom. The Bertz CT molecular complexity index is 362. The fourth-order valence-electron chi connectivity index (χ4n) is 5.51. The van der Waals surface area contributed by atoms with Crippen molar-refractivity contribution >= 4 is 0 Å². The van der Waals surface area contributed by atoms with E-state index in [-0.39, 0.29) is 0 Å². The van der Waals surface area contributed by atoms with Crippen molar-refractivity contribution in [2.45, 2.75) is 51.4 Å². The van der Waals surface area contributed by atoms with E-state index in [1.807, 2.05) is 0 Å². The number of hydrogen-bond acceptors (Lipinski definition) is 0. The number of fused-ring (bicyclic) bond motifs is 5. The van der Waals surface area contributed by atoms with Crippen LogP contribution in [0, 0.1) is 29.6 Å². The van der Waals surface area contributed by atoms with E-state index in [1.165, 1.54) is 25.7 Å². The molecule has 0 saturated heterocycles. The third-order valence-electron chi connectivity index (χ3n) is 6.21. The van der Waals surface area contributed by atoms with Crippen molar-refractivity contribution < 1.29 is 0 Å². The number of allylic oxidation sites excluding steroid dienone is 4. The van der Waals surface area contributed by atoms with Gasteiger partial charge in [0.1, 0.15) is 0 Å². The maximum absolute atomic E-state index is 2.60. The van der Waals surface area contributed by atoms with E-state index in [9.17, 15) is 0 Å². The summed E-state index contributed by atoms with van der Waals surface area (Å²) in [5.74, 6) is 5.29. The van der Waals surface area contributed by atoms with E-state index < -0.39 is 0 Å². The van der Waals surface area contributed by atoms with Crippen LogP contribution in [0.2, 0.25) is 0 Å². The van der Waals surface area contributed by atoms with Crippen LogP contribution in [-0.2, 0) is 0 Å². The van der Waals surface area contributed by atoms with Crippen LogP contribution in [0.3, 0.4) is 0 Å². The van der Waals surface area contributed by atoms with Crippen LogP contribution in [0.25, 0.3) is 0 Å². The lowest BCUT2D eigenvalue weighted by molar-refractivity contribution is 0.0708. The van der Waals surface area contributed by atoms with Gasteiger partial charge in [0.15, 0.2) is 0 Å². The smallest absolute Gasteiger partial charge is 0.0131 e. The van der Waals surface area contributed by atoms with Crippen LogP contribution in [0.15, 0.2) is 23.8 Å². The second kappa shape index (κ2) is 4.00. The second-order valence-corrected chi connectivity index (χ2v) is 6.79. The average molecular weight is 228 g/mol. The Balaban J connectivity index is 1.65. The molecule has 0 spiro atoms. The number of hydrogen-bond donors (Lipinski definition) is 0. The Morgan fingerprint density at radius 2 is 1.88 bits per heavy atom. The lowest BCUT2D eigenvalue weighted by atomic mass is 9.58. The molecule has 4 aliphatic carbocycles. The average Bonchev–Trinajstić information content (AvgIpc) is 2.86. The van der Waals surface area contributed by atoms with Gasteiger partial charge in [0.25, 0.3) is 0 Å². The summed E-state index contributed by atoms with van der Waals surface area (Å²) in [6.45, 7) is 0. The molecule has 0 bridgehead atoms. The highest BCUT2D eigenvalue weighted by atomic mass is 14.5. The maximum Gasteiger partial charge on any atom is -0.0131 e. The van der Waals surface area contributed by atoms with Crippen molar-refractivity contribution in [2.24, 2.45) is 29.6 Å². The van der Waals surface area contributed by atoms with Gasteiger partial charge in [-0.3, -0.25) is 0 Å². The summed E-state index contributed by atoms with van der Waals surface area (Å²) in [7, 11) is 0. The van der Waals surface area contributed by atoms with Crippen molar-refractivity contribution in [2.75, 3.05) is 0 Å². The van der Waals surface area contributed by atoms with Crippen LogP contribution in [0.4, 0.5) is 0 Å². The molecular weight excluding hydrogens is 204 g/mol. The summed E-state index contributed by atoms with van der Waals surface area (Å²) in [5.41, 5.74) is 1.70. The zero-order valence-electron chi connectivity index (χ0n) is 10.8. The lowest BCUT2D eigenvalue weighted by Crippen LogP contribution is -2.38. The van der Waals surface area contributed by atoms with Crippen molar-refractivity contribution in [3.63, 3.8) is 0 Å². The molecule has 0 amide bonds. The molecule has 92 valence electrons. The van der Waals surface area contributed by atoms with E-state index in [1.54, 1.807) is 31.3 Å². The molecule has 2 fully saturated rings. The van der Waals surface area contributed by atoms with Crippen molar-refractivity contribution in [1.82, 2.24) is 0 Å². The van der Waals surface area contributed by atoms with E-state index in [4.69, 9.17) is 0 Å². The molecule has 4 aliphatic rings. The van der Waals surface area contributed by atoms with Crippen molar-refractivity contribution in [3.8, 4) is 0 Å². The summed E-state index contributed by atoms with van der Waals surface area (Å²) in [4.78, 5) is 0. The Labute approximate surface area is 105 Å². The number of rotatable bonds is 0. The van der Waals surface area contributed by atoms with Crippen LogP contribution in [0.1, 0.15) is 51.4 Å². The first-order chi connectivity index (χ1) is 8.43. The zero-order valence-corrected chi connectivity index (χ0v) is 10.8. The van der Waals surface area contributed by atoms with Gasteiger partial charge in [-0.25, -0.2) is 0 Å². The predicted octanol–water partition coefficient (Wildman–Crippen LogP) is 4.73. The molecule has 0 aliphatic heterocycles. The SMILES string of the molecule is C1=CC2=CC[C@H]3[C@@H]4CCC[C@H]4CC[C@@H]3[C@H]2CC1. The Kier molecular flexibility index (Phi) is 2.45. The fraction of sp³-hybridized carbons (Fsp3) is 0.765. The standard InChI is InChI=1S/C17H24/c1-2-6-14-12(4-1)8-10-17-15-7-3-5-13(15)9-11-16(14)17/h1,4,8,13-17H,2-3,5-7,9-11H2/t13-,14-,15+,16+,17-/m0/s1. The zero-order chi connectivity index (χ0) is 11.2. The van der Waals surface area contributed by atoms with Crippen molar-refractivity contribution in [1.29, 1.82) is 0 Å². The Morgan fingerprint density at radius 1 is 0.882 bits per heavy atom. The second-order valence-electron chi connectivity index (χ2n) is 6.79. The van der Waals surface area contributed by atoms with Crippen LogP contribution < -0.4 is 0 Å². The molecule has 0 heterocycles. The summed E-state index contributed by atoms with van der Waals surface area (Å²) < 4.78 is 0. The minimum absolute atomic E-state index is 0.945. The molecule has 4 rings (SSSR count). The molecule has 0 aromatic rings. The molecule has 0 radical (unpaired) electrons. The van der Waals surface area contributed by atoms with Gasteiger partial charge < -0.3 is 0 Å². The molecule has 2 saturated carbocycles. The minimum Gasteiger partial charge on any atom is -0.0842 e. The van der Waals surface area contributed by atoms with Gasteiger partial charge in [-0.1, -0.05) is 31.1 Å². The summed E-state index contributed by atoms with van der Waals surface area (Å²) >= 11 is 0. The maximum atomic E-state index is 2.60. The summed E-state index contributed by atoms with van der Waals surface area (Å²) in [6, 6.07) is 0. The monoisotopic (exact) mass is 228 g/mol. The molecule has 0 aromatic carbocycles. The first-order valence-corrected chi connectivity index (χ1v) is 7.80. The normalized spacial score (nSPS) is 48.0. The van der Waals surface area contributed by atoms with E-state index in [0.29, 0.717) is 0 Å². The fourth-order valence-corrected chi connectivity index (χ4v) is 5.51. The Hall–Kier alpha value is -0.520. The molecule has 0 N–H and O–H groups in total.